The molecular weight excluding hydrogens is 965 g/mol. The lowest BCUT2D eigenvalue weighted by Crippen LogP contribution is -2.62. The molecule has 3 aliphatic rings. The van der Waals surface area contributed by atoms with Crippen LogP contribution in [0.15, 0.2) is 168 Å². The summed E-state index contributed by atoms with van der Waals surface area (Å²) >= 11 is 0. The van der Waals surface area contributed by atoms with Gasteiger partial charge >= 0.3 is 6.71 Å². The van der Waals surface area contributed by atoms with Crippen LogP contribution < -0.4 is 26.5 Å². The second-order valence-electron chi connectivity index (χ2n) is 27.5. The van der Waals surface area contributed by atoms with Gasteiger partial charge in [0.1, 0.15) is 17.1 Å². The molecule has 0 atom stereocenters. The van der Waals surface area contributed by atoms with Crippen molar-refractivity contribution < 1.29 is 8.81 Å². The molecule has 0 saturated heterocycles. The summed E-state index contributed by atoms with van der Waals surface area (Å²) in [6.07, 6.45) is 2.19. The number of aryl methyl sites for hydroxylation is 1. The number of benzene rings is 8. The van der Waals surface area contributed by atoms with Crippen molar-refractivity contribution in [3.05, 3.63) is 203 Å². The number of anilines is 6. The highest BCUT2D eigenvalue weighted by Gasteiger charge is 2.51. The number of hydrogen-bond acceptors (Lipinski definition) is 3. The van der Waals surface area contributed by atoms with E-state index in [2.05, 4.69) is 251 Å². The highest BCUT2D eigenvalue weighted by atomic mass is 19.1. The van der Waals surface area contributed by atoms with Gasteiger partial charge in [0.25, 0.3) is 0 Å². The number of hydrogen-bond donors (Lipinski definition) is 0. The van der Waals surface area contributed by atoms with Crippen LogP contribution in [0.5, 0.6) is 0 Å². The van der Waals surface area contributed by atoms with Crippen LogP contribution in [0.4, 0.5) is 38.5 Å². The minimum atomic E-state index is -0.396. The number of furan rings is 1. The van der Waals surface area contributed by atoms with E-state index in [-0.39, 0.29) is 32.9 Å². The standard InChI is InChI=1S/C73H73BFN3O/c1-44-37-61-64-62(38-44)78(59-33-26-48(70(5,6)7)40-53(59)46-23-19-16-20-24-46)66-55-42-56-57(73(13,14)36-35-72(56,11)12)43-63(55)79-68(66)74(64)67-65(77(61)58-32-25-47(69(2,3)4)39-52(58)45-21-17-15-18-22-45)54-41-49(71(8,9)10)27-34-60(54)76(67)51-30-28-50(75)29-31-51/h15-34,37-43H,35-36H2,1-14H3. The Morgan fingerprint density at radius 3 is 1.49 bits per heavy atom. The molecule has 13 rings (SSSR count). The fourth-order valence-electron chi connectivity index (χ4n) is 13.4. The van der Waals surface area contributed by atoms with Crippen molar-refractivity contribution in [1.29, 1.82) is 0 Å². The van der Waals surface area contributed by atoms with Crippen LogP contribution in [0, 0.1) is 12.7 Å². The first-order valence-corrected chi connectivity index (χ1v) is 28.6. The van der Waals surface area contributed by atoms with Gasteiger partial charge in [0.15, 0.2) is 0 Å². The van der Waals surface area contributed by atoms with Crippen LogP contribution in [0.3, 0.4) is 0 Å². The third-order valence-corrected chi connectivity index (χ3v) is 18.0. The lowest BCUT2D eigenvalue weighted by Gasteiger charge is -2.43. The Morgan fingerprint density at radius 1 is 0.494 bits per heavy atom. The number of nitrogens with zero attached hydrogens (tertiary/aromatic N) is 3. The molecule has 0 unspecified atom stereocenters. The fraction of sp³-hybridized carbons (Fsp3) is 0.288. The SMILES string of the molecule is Cc1cc2c3c(c1)N(c1ccc(C(C)(C)C)cc1-c1ccccc1)c1c(n(-c4ccc(F)cc4)c4ccc(C(C)(C)C)cc14)B3c1oc3cc4c(cc3c1N2c1ccc(C(C)(C)C)cc1-c1ccccc1)C(C)(C)CCC4(C)C. The largest absolute Gasteiger partial charge is 0.468 e. The van der Waals surface area contributed by atoms with E-state index in [0.29, 0.717) is 0 Å². The summed E-state index contributed by atoms with van der Waals surface area (Å²) in [5.41, 5.74) is 24.4. The van der Waals surface area contributed by atoms with E-state index >= 15 is 4.39 Å². The molecule has 0 bridgehead atoms. The Bertz CT molecular complexity index is 4100. The number of fused-ring (bicyclic) bond motifs is 9. The van der Waals surface area contributed by atoms with E-state index in [0.717, 1.165) is 119 Å². The Labute approximate surface area is 468 Å². The molecule has 6 heteroatoms. The number of rotatable bonds is 5. The molecule has 0 amide bonds. The Kier molecular flexibility index (Phi) is 11.3. The molecule has 0 N–H and O–H groups in total. The molecule has 396 valence electrons. The molecule has 8 aromatic carbocycles. The van der Waals surface area contributed by atoms with Crippen molar-refractivity contribution in [2.45, 2.75) is 137 Å². The topological polar surface area (TPSA) is 24.6 Å². The summed E-state index contributed by atoms with van der Waals surface area (Å²) < 4.78 is 25.7. The highest BCUT2D eigenvalue weighted by molar-refractivity contribution is 7.00. The lowest BCUT2D eigenvalue weighted by atomic mass is 9.37. The van der Waals surface area contributed by atoms with E-state index in [1.54, 1.807) is 12.1 Å². The van der Waals surface area contributed by atoms with Gasteiger partial charge in [0.05, 0.1) is 28.3 Å². The van der Waals surface area contributed by atoms with Crippen LogP contribution in [-0.2, 0) is 27.1 Å². The van der Waals surface area contributed by atoms with Gasteiger partial charge in [0, 0.05) is 44.6 Å². The second-order valence-corrected chi connectivity index (χ2v) is 27.5. The van der Waals surface area contributed by atoms with E-state index in [9.17, 15) is 0 Å². The van der Waals surface area contributed by atoms with E-state index < -0.39 is 6.71 Å². The first-order valence-electron chi connectivity index (χ1n) is 28.6. The van der Waals surface area contributed by atoms with Crippen LogP contribution in [0.25, 0.3) is 49.8 Å². The predicted octanol–water partition coefficient (Wildman–Crippen LogP) is 18.5. The van der Waals surface area contributed by atoms with Gasteiger partial charge in [-0.25, -0.2) is 4.39 Å². The zero-order valence-electron chi connectivity index (χ0n) is 48.7. The molecule has 0 spiro atoms. The minimum Gasteiger partial charge on any atom is -0.468 e. The van der Waals surface area contributed by atoms with E-state index in [1.165, 1.54) is 27.8 Å². The van der Waals surface area contributed by atoms with Gasteiger partial charge in [0.2, 0.25) is 0 Å². The maximum absolute atomic E-state index is 15.4. The predicted molar refractivity (Wildman–Crippen MR) is 334 cm³/mol. The summed E-state index contributed by atoms with van der Waals surface area (Å²) in [5, 5.41) is 2.24. The lowest BCUT2D eigenvalue weighted by molar-refractivity contribution is 0.332. The molecule has 0 radical (unpaired) electrons. The molecule has 4 nitrogen and oxygen atoms in total. The quantitative estimate of drug-likeness (QED) is 0.161. The van der Waals surface area contributed by atoms with Crippen LogP contribution in [0.2, 0.25) is 0 Å². The first kappa shape index (κ1) is 50.9. The monoisotopic (exact) mass is 1040 g/mol. The van der Waals surface area contributed by atoms with Crippen molar-refractivity contribution in [2.24, 2.45) is 0 Å². The maximum Gasteiger partial charge on any atom is 0.318 e. The van der Waals surface area contributed by atoms with Gasteiger partial charge < -0.3 is 18.8 Å². The summed E-state index contributed by atoms with van der Waals surface area (Å²) in [7, 11) is 0. The van der Waals surface area contributed by atoms with Gasteiger partial charge in [-0.2, -0.15) is 0 Å². The molecule has 1 aliphatic carbocycles. The van der Waals surface area contributed by atoms with Gasteiger partial charge in [-0.05, 0) is 182 Å². The van der Waals surface area contributed by atoms with Gasteiger partial charge in [-0.15, -0.1) is 0 Å². The molecule has 0 fully saturated rings. The minimum absolute atomic E-state index is 0.0419. The molecular formula is C73H73BFN3O. The van der Waals surface area contributed by atoms with Crippen molar-refractivity contribution in [1.82, 2.24) is 4.57 Å². The van der Waals surface area contributed by atoms with E-state index in [1.807, 2.05) is 12.1 Å². The van der Waals surface area contributed by atoms with Crippen LogP contribution in [0.1, 0.15) is 136 Å². The zero-order chi connectivity index (χ0) is 55.5. The van der Waals surface area contributed by atoms with Crippen molar-refractivity contribution in [3.8, 4) is 27.9 Å². The third kappa shape index (κ3) is 8.05. The smallest absolute Gasteiger partial charge is 0.318 e. The molecule has 2 aromatic heterocycles. The fourth-order valence-corrected chi connectivity index (χ4v) is 13.4. The number of halogens is 1. The maximum atomic E-state index is 15.4. The van der Waals surface area contributed by atoms with E-state index in [4.69, 9.17) is 4.42 Å². The summed E-state index contributed by atoms with van der Waals surface area (Å²) in [5.74, 6) is -0.269. The zero-order valence-corrected chi connectivity index (χ0v) is 48.7. The van der Waals surface area contributed by atoms with Crippen LogP contribution >= 0.6 is 0 Å². The normalized spacial score (nSPS) is 15.6. The highest BCUT2D eigenvalue weighted by Crippen LogP contribution is 2.55. The second kappa shape index (κ2) is 17.5. The molecule has 0 saturated carbocycles. The molecule has 79 heavy (non-hydrogen) atoms. The summed E-state index contributed by atoms with van der Waals surface area (Å²) in [6, 6.07) is 60.1. The average Bonchev–Trinajstić information content (AvgIpc) is 4.20. The van der Waals surface area contributed by atoms with Gasteiger partial charge in [-0.3, -0.25) is 0 Å². The third-order valence-electron chi connectivity index (χ3n) is 18.0. The summed E-state index contributed by atoms with van der Waals surface area (Å²) in [4.78, 5) is 5.18. The van der Waals surface area contributed by atoms with Crippen LogP contribution in [-0.4, -0.2) is 11.3 Å². The Morgan fingerprint density at radius 2 is 0.975 bits per heavy atom. The van der Waals surface area contributed by atoms with Crippen molar-refractivity contribution in [2.75, 3.05) is 9.80 Å². The summed E-state index contributed by atoms with van der Waals surface area (Å²) in [6.45, 7) is 32.3. The molecule has 2 aliphatic heterocycles. The Balaban J connectivity index is 1.24. The molecule has 10 aromatic rings. The van der Waals surface area contributed by atoms with Crippen molar-refractivity contribution in [3.63, 3.8) is 0 Å². The average molecular weight is 1040 g/mol. The number of aromatic nitrogens is 1. The Hall–Kier alpha value is -7.57. The van der Waals surface area contributed by atoms with Crippen molar-refractivity contribution >= 4 is 79.4 Å². The first-order chi connectivity index (χ1) is 37.4. The van der Waals surface area contributed by atoms with Gasteiger partial charge in [-0.1, -0.05) is 169 Å². The molecule has 4 heterocycles.